The van der Waals surface area contributed by atoms with Gasteiger partial charge in [0.15, 0.2) is 6.61 Å². The molecule has 4 nitrogen and oxygen atoms in total. The number of ether oxygens (including phenoxy) is 1. The number of hydrogen-bond donors (Lipinski definition) is 1. The van der Waals surface area contributed by atoms with Crippen LogP contribution in [0.15, 0.2) is 47.1 Å². The van der Waals surface area contributed by atoms with E-state index < -0.39 is 0 Å². The van der Waals surface area contributed by atoms with Gasteiger partial charge in [-0.15, -0.1) is 0 Å². The van der Waals surface area contributed by atoms with E-state index in [1.807, 2.05) is 36.5 Å². The van der Waals surface area contributed by atoms with Crippen LogP contribution in [-0.2, 0) is 4.79 Å². The molecule has 1 N–H and O–H groups in total. The molecule has 20 heavy (non-hydrogen) atoms. The second kappa shape index (κ2) is 7.48. The van der Waals surface area contributed by atoms with Crippen molar-refractivity contribution in [3.05, 3.63) is 42.0 Å². The summed E-state index contributed by atoms with van der Waals surface area (Å²) in [5.74, 6) is 0.862. The molecule has 2 rings (SSSR count). The molecule has 1 aliphatic carbocycles. The van der Waals surface area contributed by atoms with Crippen LogP contribution in [0.5, 0.6) is 5.75 Å². The maximum absolute atomic E-state index is 11.5. The number of para-hydroxylation sites is 1. The van der Waals surface area contributed by atoms with E-state index in [9.17, 15) is 4.79 Å². The van der Waals surface area contributed by atoms with Crippen LogP contribution >= 0.6 is 0 Å². The predicted molar refractivity (Wildman–Crippen MR) is 79.7 cm³/mol. The number of nitrogens with one attached hydrogen (secondary N) is 1. The van der Waals surface area contributed by atoms with Gasteiger partial charge in [-0.25, -0.2) is 5.43 Å². The van der Waals surface area contributed by atoms with Gasteiger partial charge in [0.2, 0.25) is 0 Å². The van der Waals surface area contributed by atoms with Crippen molar-refractivity contribution in [2.45, 2.75) is 26.2 Å². The first-order valence-electron chi connectivity index (χ1n) is 6.89. The van der Waals surface area contributed by atoms with Crippen molar-refractivity contribution in [2.24, 2.45) is 11.0 Å². The lowest BCUT2D eigenvalue weighted by Crippen LogP contribution is -2.25. The van der Waals surface area contributed by atoms with Crippen molar-refractivity contribution in [3.8, 4) is 5.75 Å². The SMILES string of the molecule is CC1=CCC(/C=N\NC(=O)COc2ccccc2)CC1. The zero-order chi connectivity index (χ0) is 14.2. The Hall–Kier alpha value is -2.10. The second-order valence-corrected chi connectivity index (χ2v) is 5.00. The minimum atomic E-state index is -0.243. The van der Waals surface area contributed by atoms with Gasteiger partial charge < -0.3 is 4.74 Å². The number of allylic oxidation sites excluding steroid dienone is 2. The Morgan fingerprint density at radius 3 is 2.95 bits per heavy atom. The molecule has 1 unspecified atom stereocenters. The molecule has 1 amide bonds. The number of nitrogens with zero attached hydrogens (tertiary/aromatic N) is 1. The summed E-state index contributed by atoms with van der Waals surface area (Å²) in [6.07, 6.45) is 7.28. The van der Waals surface area contributed by atoms with Crippen molar-refractivity contribution < 1.29 is 9.53 Å². The Balaban J connectivity index is 1.67. The lowest BCUT2D eigenvalue weighted by molar-refractivity contribution is -0.123. The maximum Gasteiger partial charge on any atom is 0.277 e. The van der Waals surface area contributed by atoms with Crippen molar-refractivity contribution in [3.63, 3.8) is 0 Å². The Morgan fingerprint density at radius 2 is 2.25 bits per heavy atom. The smallest absolute Gasteiger partial charge is 0.277 e. The van der Waals surface area contributed by atoms with Crippen LogP contribution in [0, 0.1) is 5.92 Å². The average Bonchev–Trinajstić information content (AvgIpc) is 2.48. The van der Waals surface area contributed by atoms with Crippen molar-refractivity contribution in [1.29, 1.82) is 0 Å². The highest BCUT2D eigenvalue weighted by atomic mass is 16.5. The molecule has 0 saturated heterocycles. The standard InChI is InChI=1S/C16H20N2O2/c1-13-7-9-14(10-8-13)11-17-18-16(19)12-20-15-5-3-2-4-6-15/h2-7,11,14H,8-10,12H2,1H3,(H,18,19)/b17-11-. The summed E-state index contributed by atoms with van der Waals surface area (Å²) in [5.41, 5.74) is 3.94. The normalized spacial score (nSPS) is 18.6. The summed E-state index contributed by atoms with van der Waals surface area (Å²) in [5, 5.41) is 4.00. The summed E-state index contributed by atoms with van der Waals surface area (Å²) < 4.78 is 5.33. The van der Waals surface area contributed by atoms with Gasteiger partial charge in [-0.2, -0.15) is 5.10 Å². The summed E-state index contributed by atoms with van der Waals surface area (Å²) >= 11 is 0. The van der Waals surface area contributed by atoms with Crippen LogP contribution < -0.4 is 10.2 Å². The molecule has 1 atom stereocenters. The van der Waals surface area contributed by atoms with E-state index in [0.29, 0.717) is 11.7 Å². The minimum Gasteiger partial charge on any atom is -0.484 e. The molecule has 0 fully saturated rings. The Bertz CT molecular complexity index is 494. The van der Waals surface area contributed by atoms with E-state index >= 15 is 0 Å². The summed E-state index contributed by atoms with van der Waals surface area (Å²) in [6.45, 7) is 2.13. The summed E-state index contributed by atoms with van der Waals surface area (Å²) in [7, 11) is 0. The molecular formula is C16H20N2O2. The van der Waals surface area contributed by atoms with Gasteiger partial charge >= 0.3 is 0 Å². The van der Waals surface area contributed by atoms with Gasteiger partial charge in [0.25, 0.3) is 5.91 Å². The Kier molecular flexibility index (Phi) is 5.35. The zero-order valence-corrected chi connectivity index (χ0v) is 11.7. The summed E-state index contributed by atoms with van der Waals surface area (Å²) in [6, 6.07) is 9.26. The van der Waals surface area contributed by atoms with Gasteiger partial charge in [-0.1, -0.05) is 29.8 Å². The van der Waals surface area contributed by atoms with Crippen molar-refractivity contribution >= 4 is 12.1 Å². The van der Waals surface area contributed by atoms with E-state index in [1.165, 1.54) is 5.57 Å². The number of carbonyl (C=O) groups excluding carboxylic acids is 1. The molecule has 1 aromatic rings. The number of hydrazone groups is 1. The highest BCUT2D eigenvalue weighted by Gasteiger charge is 2.10. The van der Waals surface area contributed by atoms with Crippen LogP contribution in [0.1, 0.15) is 26.2 Å². The third-order valence-electron chi connectivity index (χ3n) is 3.27. The molecular weight excluding hydrogens is 252 g/mol. The molecule has 0 radical (unpaired) electrons. The molecule has 0 bridgehead atoms. The fourth-order valence-electron chi connectivity index (χ4n) is 2.03. The van der Waals surface area contributed by atoms with E-state index in [0.717, 1.165) is 19.3 Å². The molecule has 0 heterocycles. The number of rotatable bonds is 5. The first kappa shape index (κ1) is 14.3. The largest absolute Gasteiger partial charge is 0.484 e. The molecule has 106 valence electrons. The third-order valence-corrected chi connectivity index (χ3v) is 3.27. The average molecular weight is 272 g/mol. The molecule has 4 heteroatoms. The Morgan fingerprint density at radius 1 is 1.45 bits per heavy atom. The second-order valence-electron chi connectivity index (χ2n) is 5.00. The molecule has 0 aromatic heterocycles. The van der Waals surface area contributed by atoms with Gasteiger partial charge in [0.05, 0.1) is 0 Å². The van der Waals surface area contributed by atoms with Gasteiger partial charge in [-0.05, 0) is 44.2 Å². The quantitative estimate of drug-likeness (QED) is 0.509. The minimum absolute atomic E-state index is 0.0228. The molecule has 1 aliphatic rings. The predicted octanol–water partition coefficient (Wildman–Crippen LogP) is 2.91. The first-order valence-corrected chi connectivity index (χ1v) is 6.89. The fraction of sp³-hybridized carbons (Fsp3) is 0.375. The molecule has 0 aliphatic heterocycles. The summed E-state index contributed by atoms with van der Waals surface area (Å²) in [4.78, 5) is 11.5. The van der Waals surface area contributed by atoms with Gasteiger partial charge in [0.1, 0.15) is 5.75 Å². The third kappa shape index (κ3) is 4.88. The van der Waals surface area contributed by atoms with Crippen LogP contribution in [0.3, 0.4) is 0 Å². The van der Waals surface area contributed by atoms with E-state index in [-0.39, 0.29) is 12.5 Å². The van der Waals surface area contributed by atoms with Gasteiger partial charge in [-0.3, -0.25) is 4.79 Å². The van der Waals surface area contributed by atoms with Crippen molar-refractivity contribution in [1.82, 2.24) is 5.43 Å². The molecule has 0 spiro atoms. The molecule has 1 aromatic carbocycles. The number of hydrogen-bond acceptors (Lipinski definition) is 3. The van der Waals surface area contributed by atoms with Crippen LogP contribution in [0.25, 0.3) is 0 Å². The first-order chi connectivity index (χ1) is 9.74. The van der Waals surface area contributed by atoms with Gasteiger partial charge in [0, 0.05) is 6.21 Å². The zero-order valence-electron chi connectivity index (χ0n) is 11.7. The maximum atomic E-state index is 11.5. The fourth-order valence-corrected chi connectivity index (χ4v) is 2.03. The monoisotopic (exact) mass is 272 g/mol. The molecule has 0 saturated carbocycles. The highest BCUT2D eigenvalue weighted by Crippen LogP contribution is 2.21. The van der Waals surface area contributed by atoms with Crippen molar-refractivity contribution in [2.75, 3.05) is 6.61 Å². The lowest BCUT2D eigenvalue weighted by Gasteiger charge is -2.15. The van der Waals surface area contributed by atoms with Crippen LogP contribution in [0.2, 0.25) is 0 Å². The highest BCUT2D eigenvalue weighted by molar-refractivity contribution is 5.78. The lowest BCUT2D eigenvalue weighted by atomic mass is 9.91. The van der Waals surface area contributed by atoms with Crippen LogP contribution in [-0.4, -0.2) is 18.7 Å². The number of carbonyl (C=O) groups is 1. The van der Waals surface area contributed by atoms with Crippen LogP contribution in [0.4, 0.5) is 0 Å². The number of benzene rings is 1. The van der Waals surface area contributed by atoms with E-state index in [1.54, 1.807) is 0 Å². The van der Waals surface area contributed by atoms with E-state index in [2.05, 4.69) is 23.5 Å². The number of amides is 1. The Labute approximate surface area is 119 Å². The topological polar surface area (TPSA) is 50.7 Å². The van der Waals surface area contributed by atoms with E-state index in [4.69, 9.17) is 4.74 Å².